The van der Waals surface area contributed by atoms with Gasteiger partial charge in [-0.05, 0) is 37.3 Å². The summed E-state index contributed by atoms with van der Waals surface area (Å²) in [4.78, 5) is 19.6. The van der Waals surface area contributed by atoms with Crippen LogP contribution >= 0.6 is 0 Å². The molecule has 0 saturated carbocycles. The van der Waals surface area contributed by atoms with E-state index in [4.69, 9.17) is 4.98 Å². The van der Waals surface area contributed by atoms with Gasteiger partial charge >= 0.3 is 0 Å². The number of fused-ring (bicyclic) bond motifs is 2. The Labute approximate surface area is 141 Å². The Kier molecular flexibility index (Phi) is 3.60. The highest BCUT2D eigenvalue weighted by Gasteiger charge is 2.35. The fraction of sp³-hybridized carbons (Fsp3) is 0.444. The molecule has 1 aromatic heterocycles. The summed E-state index contributed by atoms with van der Waals surface area (Å²) in [5, 5.41) is 0.871. The third-order valence-electron chi connectivity index (χ3n) is 5.21. The molecular weight excluding hydrogens is 324 g/mol. The van der Waals surface area contributed by atoms with E-state index in [-0.39, 0.29) is 23.5 Å². The number of benzene rings is 1. The van der Waals surface area contributed by atoms with Gasteiger partial charge in [0.2, 0.25) is 0 Å². The molecule has 1 aliphatic heterocycles. The number of carbonyl (C=O) groups is 1. The summed E-state index contributed by atoms with van der Waals surface area (Å²) in [6.45, 7) is 0. The van der Waals surface area contributed by atoms with E-state index in [1.54, 1.807) is 11.9 Å². The molecule has 1 fully saturated rings. The Bertz CT molecular complexity index is 937. The van der Waals surface area contributed by atoms with E-state index in [0.717, 1.165) is 47.0 Å². The van der Waals surface area contributed by atoms with Crippen LogP contribution in [0.4, 0.5) is 0 Å². The van der Waals surface area contributed by atoms with Crippen LogP contribution in [0.25, 0.3) is 10.9 Å². The lowest BCUT2D eigenvalue weighted by Gasteiger charge is -2.25. The number of carbonyl (C=O) groups excluding carboxylic acids is 1. The fourth-order valence-electron chi connectivity index (χ4n) is 3.88. The maximum atomic E-state index is 13.2. The molecule has 126 valence electrons. The third-order valence-corrected chi connectivity index (χ3v) is 6.96. The van der Waals surface area contributed by atoms with E-state index in [0.29, 0.717) is 6.42 Å². The van der Waals surface area contributed by atoms with E-state index in [2.05, 4.69) is 0 Å². The maximum absolute atomic E-state index is 13.2. The number of aryl methyl sites for hydroxylation is 1. The molecule has 24 heavy (non-hydrogen) atoms. The highest BCUT2D eigenvalue weighted by molar-refractivity contribution is 7.91. The largest absolute Gasteiger partial charge is 0.338 e. The Balaban J connectivity index is 1.80. The first-order chi connectivity index (χ1) is 11.5. The van der Waals surface area contributed by atoms with Crippen LogP contribution < -0.4 is 0 Å². The molecule has 1 atom stereocenters. The smallest absolute Gasteiger partial charge is 0.254 e. The van der Waals surface area contributed by atoms with Crippen LogP contribution in [0.5, 0.6) is 0 Å². The lowest BCUT2D eigenvalue weighted by molar-refractivity contribution is 0.0748. The summed E-state index contributed by atoms with van der Waals surface area (Å²) in [6.07, 6.45) is 3.31. The number of rotatable bonds is 2. The third kappa shape index (κ3) is 2.49. The number of sulfone groups is 1. The number of pyridine rings is 1. The molecule has 1 amide bonds. The Morgan fingerprint density at radius 3 is 2.79 bits per heavy atom. The fourth-order valence-corrected chi connectivity index (χ4v) is 5.65. The summed E-state index contributed by atoms with van der Waals surface area (Å²) < 4.78 is 23.5. The average molecular weight is 344 g/mol. The van der Waals surface area contributed by atoms with Gasteiger partial charge in [0.15, 0.2) is 9.84 Å². The van der Waals surface area contributed by atoms with Crippen LogP contribution in [-0.4, -0.2) is 48.8 Å². The second-order valence-electron chi connectivity index (χ2n) is 6.76. The van der Waals surface area contributed by atoms with Crippen LogP contribution in [-0.2, 0) is 22.7 Å². The molecule has 4 rings (SSSR count). The minimum absolute atomic E-state index is 0.0699. The lowest BCUT2D eigenvalue weighted by Crippen LogP contribution is -2.38. The molecule has 2 heterocycles. The molecule has 1 aliphatic carbocycles. The van der Waals surface area contributed by atoms with Gasteiger partial charge in [-0.15, -0.1) is 0 Å². The molecule has 6 heteroatoms. The van der Waals surface area contributed by atoms with E-state index in [1.807, 2.05) is 24.3 Å². The van der Waals surface area contributed by atoms with Crippen molar-refractivity contribution in [3.8, 4) is 0 Å². The van der Waals surface area contributed by atoms with Crippen LogP contribution in [0.3, 0.4) is 0 Å². The SMILES string of the molecule is CN(C(=O)c1c2c(nc3ccccc13)CCC2)C1CCS(=O)(=O)C1. The number of aromatic nitrogens is 1. The lowest BCUT2D eigenvalue weighted by atomic mass is 9.99. The van der Waals surface area contributed by atoms with Gasteiger partial charge in [0, 0.05) is 24.2 Å². The first-order valence-corrected chi connectivity index (χ1v) is 10.2. The van der Waals surface area contributed by atoms with E-state index >= 15 is 0 Å². The van der Waals surface area contributed by atoms with Crippen LogP contribution in [0.2, 0.25) is 0 Å². The Hall–Kier alpha value is -1.95. The van der Waals surface area contributed by atoms with Crippen molar-refractivity contribution in [2.45, 2.75) is 31.7 Å². The highest BCUT2D eigenvalue weighted by Crippen LogP contribution is 2.31. The first-order valence-electron chi connectivity index (χ1n) is 8.34. The quantitative estimate of drug-likeness (QED) is 0.835. The molecule has 1 saturated heterocycles. The molecule has 2 aliphatic rings. The average Bonchev–Trinajstić information content (AvgIpc) is 3.16. The number of hydrogen-bond donors (Lipinski definition) is 0. The molecule has 0 N–H and O–H groups in total. The summed E-state index contributed by atoms with van der Waals surface area (Å²) in [5.74, 6) is 0.166. The standard InChI is InChI=1S/C18H20N2O3S/c1-20(12-9-10-24(22,23)11-12)18(21)17-13-5-2-3-7-15(13)19-16-8-4-6-14(16)17/h2-3,5,7,12H,4,6,8-11H2,1H3. The van der Waals surface area contributed by atoms with Gasteiger partial charge in [-0.2, -0.15) is 0 Å². The molecule has 1 unspecified atom stereocenters. The normalized spacial score (nSPS) is 21.8. The molecular formula is C18H20N2O3S. The molecule has 2 aromatic rings. The Morgan fingerprint density at radius 2 is 2.04 bits per heavy atom. The van der Waals surface area contributed by atoms with E-state index in [1.165, 1.54) is 0 Å². The molecule has 0 spiro atoms. The van der Waals surface area contributed by atoms with Crippen molar-refractivity contribution < 1.29 is 13.2 Å². The summed E-state index contributed by atoms with van der Waals surface area (Å²) >= 11 is 0. The van der Waals surface area contributed by atoms with E-state index in [9.17, 15) is 13.2 Å². The van der Waals surface area contributed by atoms with Gasteiger partial charge in [0.1, 0.15) is 0 Å². The van der Waals surface area contributed by atoms with Crippen molar-refractivity contribution in [2.75, 3.05) is 18.6 Å². The second-order valence-corrected chi connectivity index (χ2v) is 8.98. The van der Waals surface area contributed by atoms with Gasteiger partial charge in [0.25, 0.3) is 5.91 Å². The zero-order valence-corrected chi connectivity index (χ0v) is 14.5. The van der Waals surface area contributed by atoms with Crippen molar-refractivity contribution in [1.29, 1.82) is 0 Å². The van der Waals surface area contributed by atoms with Crippen LogP contribution in [0.1, 0.15) is 34.5 Å². The molecule has 0 bridgehead atoms. The number of para-hydroxylation sites is 1. The monoisotopic (exact) mass is 344 g/mol. The van der Waals surface area contributed by atoms with Crippen molar-refractivity contribution in [3.05, 3.63) is 41.1 Å². The molecule has 1 aromatic carbocycles. The number of hydrogen-bond acceptors (Lipinski definition) is 4. The predicted octanol–water partition coefficient (Wildman–Crippen LogP) is 1.98. The zero-order chi connectivity index (χ0) is 16.9. The first kappa shape index (κ1) is 15.6. The molecule has 0 radical (unpaired) electrons. The maximum Gasteiger partial charge on any atom is 0.254 e. The van der Waals surface area contributed by atoms with Crippen molar-refractivity contribution >= 4 is 26.6 Å². The topological polar surface area (TPSA) is 67.3 Å². The summed E-state index contributed by atoms with van der Waals surface area (Å²) in [7, 11) is -1.29. The Morgan fingerprint density at radius 1 is 1.25 bits per heavy atom. The second kappa shape index (κ2) is 5.55. The van der Waals surface area contributed by atoms with Gasteiger partial charge in [0.05, 0.1) is 22.6 Å². The van der Waals surface area contributed by atoms with Crippen molar-refractivity contribution in [3.63, 3.8) is 0 Å². The minimum Gasteiger partial charge on any atom is -0.338 e. The van der Waals surface area contributed by atoms with Gasteiger partial charge in [-0.25, -0.2) is 8.42 Å². The van der Waals surface area contributed by atoms with Crippen molar-refractivity contribution in [2.24, 2.45) is 0 Å². The van der Waals surface area contributed by atoms with Gasteiger partial charge < -0.3 is 4.90 Å². The minimum atomic E-state index is -3.02. The highest BCUT2D eigenvalue weighted by atomic mass is 32.2. The number of nitrogens with zero attached hydrogens (tertiary/aromatic N) is 2. The van der Waals surface area contributed by atoms with Gasteiger partial charge in [-0.3, -0.25) is 9.78 Å². The summed E-state index contributed by atoms with van der Waals surface area (Å²) in [6, 6.07) is 7.49. The van der Waals surface area contributed by atoms with Gasteiger partial charge in [-0.1, -0.05) is 18.2 Å². The van der Waals surface area contributed by atoms with Crippen LogP contribution in [0.15, 0.2) is 24.3 Å². The van der Waals surface area contributed by atoms with E-state index < -0.39 is 9.84 Å². The predicted molar refractivity (Wildman–Crippen MR) is 92.9 cm³/mol. The molecule has 5 nitrogen and oxygen atoms in total. The number of amides is 1. The van der Waals surface area contributed by atoms with Crippen LogP contribution in [0, 0.1) is 0 Å². The summed E-state index contributed by atoms with van der Waals surface area (Å²) in [5.41, 5.74) is 3.63. The van der Waals surface area contributed by atoms with Crippen molar-refractivity contribution in [1.82, 2.24) is 9.88 Å². The zero-order valence-electron chi connectivity index (χ0n) is 13.7.